The van der Waals surface area contributed by atoms with Crippen molar-refractivity contribution in [2.24, 2.45) is 11.8 Å². The highest BCUT2D eigenvalue weighted by molar-refractivity contribution is 5.92. The van der Waals surface area contributed by atoms with Crippen LogP contribution in [0.5, 0.6) is 0 Å². The van der Waals surface area contributed by atoms with E-state index in [0.29, 0.717) is 5.92 Å². The van der Waals surface area contributed by atoms with Crippen molar-refractivity contribution in [2.75, 3.05) is 5.32 Å². The van der Waals surface area contributed by atoms with E-state index >= 15 is 0 Å². The highest BCUT2D eigenvalue weighted by atomic mass is 16.1. The Bertz CT molecular complexity index is 500. The molecule has 1 aliphatic carbocycles. The minimum absolute atomic E-state index is 0.206. The van der Waals surface area contributed by atoms with Gasteiger partial charge in [-0.25, -0.2) is 0 Å². The van der Waals surface area contributed by atoms with Crippen LogP contribution in [0.2, 0.25) is 0 Å². The molecule has 1 aliphatic rings. The molecule has 0 heterocycles. The number of benzene rings is 1. The fourth-order valence-corrected chi connectivity index (χ4v) is 3.60. The summed E-state index contributed by atoms with van der Waals surface area (Å²) in [5, 5.41) is 3.13. The molecule has 122 valence electrons. The normalized spacial score (nSPS) is 23.1. The summed E-state index contributed by atoms with van der Waals surface area (Å²) < 4.78 is 0. The first kappa shape index (κ1) is 17.1. The molecule has 0 saturated heterocycles. The third-order valence-corrected chi connectivity index (χ3v) is 5.48. The van der Waals surface area contributed by atoms with E-state index in [1.165, 1.54) is 30.4 Å². The second kappa shape index (κ2) is 7.80. The largest absolute Gasteiger partial charge is 0.326 e. The van der Waals surface area contributed by atoms with Crippen LogP contribution in [-0.4, -0.2) is 5.91 Å². The number of rotatable bonds is 5. The molecule has 2 rings (SSSR count). The van der Waals surface area contributed by atoms with Crippen molar-refractivity contribution in [3.05, 3.63) is 29.3 Å². The van der Waals surface area contributed by atoms with E-state index in [0.717, 1.165) is 30.9 Å². The minimum Gasteiger partial charge on any atom is -0.326 e. The molecule has 1 fully saturated rings. The highest BCUT2D eigenvalue weighted by Gasteiger charge is 2.25. The summed E-state index contributed by atoms with van der Waals surface area (Å²) in [6, 6.07) is 6.36. The zero-order valence-corrected chi connectivity index (χ0v) is 14.6. The maximum atomic E-state index is 12.4. The molecular weight excluding hydrogens is 270 g/mol. The Balaban J connectivity index is 1.96. The van der Waals surface area contributed by atoms with Crippen molar-refractivity contribution < 1.29 is 4.79 Å². The zero-order valence-electron chi connectivity index (χ0n) is 14.6. The van der Waals surface area contributed by atoms with E-state index in [1.54, 1.807) is 0 Å². The Kier molecular flexibility index (Phi) is 6.05. The molecular formula is C20H31NO. The number of carbonyl (C=O) groups is 1. The van der Waals surface area contributed by atoms with Crippen molar-refractivity contribution in [3.8, 4) is 0 Å². The maximum Gasteiger partial charge on any atom is 0.227 e. The Morgan fingerprint density at radius 3 is 2.45 bits per heavy atom. The standard InChI is InChI=1S/C20H31NO/c1-5-14(3)19-12-11-18(13-15(19)4)21-20(22)17-9-7-16(6-2)8-10-17/h11-14,16-17H,5-10H2,1-4H3,(H,21,22). The molecule has 0 aromatic heterocycles. The van der Waals surface area contributed by atoms with Crippen LogP contribution in [0.1, 0.15) is 76.3 Å². The van der Waals surface area contributed by atoms with Crippen LogP contribution in [0.4, 0.5) is 5.69 Å². The number of aryl methyl sites for hydroxylation is 1. The van der Waals surface area contributed by atoms with Gasteiger partial charge < -0.3 is 5.32 Å². The van der Waals surface area contributed by atoms with Crippen LogP contribution < -0.4 is 5.32 Å². The van der Waals surface area contributed by atoms with Gasteiger partial charge >= 0.3 is 0 Å². The van der Waals surface area contributed by atoms with Gasteiger partial charge in [-0.15, -0.1) is 0 Å². The molecule has 1 atom stereocenters. The lowest BCUT2D eigenvalue weighted by Crippen LogP contribution is -2.27. The molecule has 1 aromatic carbocycles. The Hall–Kier alpha value is -1.31. The summed E-state index contributed by atoms with van der Waals surface area (Å²) in [4.78, 5) is 12.4. The Morgan fingerprint density at radius 2 is 1.91 bits per heavy atom. The molecule has 0 spiro atoms. The van der Waals surface area contributed by atoms with Crippen LogP contribution in [-0.2, 0) is 4.79 Å². The van der Waals surface area contributed by atoms with Crippen LogP contribution in [0.15, 0.2) is 18.2 Å². The summed E-state index contributed by atoms with van der Waals surface area (Å²) in [6.45, 7) is 8.87. The SMILES string of the molecule is CCC1CCC(C(=O)Nc2ccc(C(C)CC)c(C)c2)CC1. The van der Waals surface area contributed by atoms with Gasteiger partial charge in [0.05, 0.1) is 0 Å². The number of hydrogen-bond donors (Lipinski definition) is 1. The maximum absolute atomic E-state index is 12.4. The van der Waals surface area contributed by atoms with Crippen molar-refractivity contribution in [1.82, 2.24) is 0 Å². The molecule has 22 heavy (non-hydrogen) atoms. The second-order valence-corrected chi connectivity index (χ2v) is 7.00. The van der Waals surface area contributed by atoms with Crippen LogP contribution in [0.25, 0.3) is 0 Å². The number of carbonyl (C=O) groups excluding carboxylic acids is 1. The third-order valence-electron chi connectivity index (χ3n) is 5.48. The van der Waals surface area contributed by atoms with Crippen LogP contribution in [0.3, 0.4) is 0 Å². The van der Waals surface area contributed by atoms with E-state index in [9.17, 15) is 4.79 Å². The Morgan fingerprint density at radius 1 is 1.23 bits per heavy atom. The van der Waals surface area contributed by atoms with E-state index in [4.69, 9.17) is 0 Å². The summed E-state index contributed by atoms with van der Waals surface area (Å²) >= 11 is 0. The van der Waals surface area contributed by atoms with Gasteiger partial charge in [0, 0.05) is 11.6 Å². The summed E-state index contributed by atoms with van der Waals surface area (Å²) in [5.41, 5.74) is 3.62. The first-order valence-electron chi connectivity index (χ1n) is 8.96. The second-order valence-electron chi connectivity index (χ2n) is 7.00. The monoisotopic (exact) mass is 301 g/mol. The zero-order chi connectivity index (χ0) is 16.1. The topological polar surface area (TPSA) is 29.1 Å². The van der Waals surface area contributed by atoms with E-state index < -0.39 is 0 Å². The molecule has 0 radical (unpaired) electrons. The lowest BCUT2D eigenvalue weighted by Gasteiger charge is -2.27. The van der Waals surface area contributed by atoms with E-state index in [2.05, 4.69) is 51.2 Å². The van der Waals surface area contributed by atoms with Gasteiger partial charge in [-0.2, -0.15) is 0 Å². The van der Waals surface area contributed by atoms with Gasteiger partial charge in [0.2, 0.25) is 5.91 Å². The van der Waals surface area contributed by atoms with Crippen molar-refractivity contribution in [2.45, 2.75) is 72.1 Å². The molecule has 1 unspecified atom stereocenters. The van der Waals surface area contributed by atoms with E-state index in [-0.39, 0.29) is 11.8 Å². The molecule has 0 aliphatic heterocycles. The lowest BCUT2D eigenvalue weighted by molar-refractivity contribution is -0.121. The Labute approximate surface area is 135 Å². The fourth-order valence-electron chi connectivity index (χ4n) is 3.60. The summed E-state index contributed by atoms with van der Waals surface area (Å²) in [5.74, 6) is 1.83. The molecule has 1 saturated carbocycles. The lowest BCUT2D eigenvalue weighted by atomic mass is 9.80. The van der Waals surface area contributed by atoms with Crippen molar-refractivity contribution in [3.63, 3.8) is 0 Å². The molecule has 1 aromatic rings. The van der Waals surface area contributed by atoms with Gasteiger partial charge in [0.1, 0.15) is 0 Å². The van der Waals surface area contributed by atoms with Crippen molar-refractivity contribution >= 4 is 11.6 Å². The van der Waals surface area contributed by atoms with Gasteiger partial charge in [-0.1, -0.05) is 33.3 Å². The first-order valence-corrected chi connectivity index (χ1v) is 8.96. The number of anilines is 1. The number of nitrogens with one attached hydrogen (secondary N) is 1. The average molecular weight is 301 g/mol. The van der Waals surface area contributed by atoms with Gasteiger partial charge in [-0.05, 0) is 74.1 Å². The molecule has 0 bridgehead atoms. The van der Waals surface area contributed by atoms with Gasteiger partial charge in [0.15, 0.2) is 0 Å². The molecule has 1 N–H and O–H groups in total. The molecule has 2 heteroatoms. The molecule has 1 amide bonds. The molecule has 2 nitrogen and oxygen atoms in total. The highest BCUT2D eigenvalue weighted by Crippen LogP contribution is 2.31. The first-order chi connectivity index (χ1) is 10.5. The summed E-state index contributed by atoms with van der Waals surface area (Å²) in [7, 11) is 0. The number of hydrogen-bond acceptors (Lipinski definition) is 1. The predicted molar refractivity (Wildman–Crippen MR) is 94.3 cm³/mol. The third kappa shape index (κ3) is 4.12. The smallest absolute Gasteiger partial charge is 0.227 e. The van der Waals surface area contributed by atoms with Gasteiger partial charge in [0.25, 0.3) is 0 Å². The predicted octanol–water partition coefficient (Wildman–Crippen LogP) is 5.66. The minimum atomic E-state index is 0.206. The quantitative estimate of drug-likeness (QED) is 0.746. The average Bonchev–Trinajstić information content (AvgIpc) is 2.54. The van der Waals surface area contributed by atoms with Crippen molar-refractivity contribution in [1.29, 1.82) is 0 Å². The van der Waals surface area contributed by atoms with Gasteiger partial charge in [-0.3, -0.25) is 4.79 Å². The van der Waals surface area contributed by atoms with Crippen LogP contribution >= 0.6 is 0 Å². The van der Waals surface area contributed by atoms with E-state index in [1.807, 2.05) is 0 Å². The van der Waals surface area contributed by atoms with Crippen LogP contribution in [0, 0.1) is 18.8 Å². The fraction of sp³-hybridized carbons (Fsp3) is 0.650. The summed E-state index contributed by atoms with van der Waals surface area (Å²) in [6.07, 6.45) is 6.92. The number of amides is 1.